The van der Waals surface area contributed by atoms with Gasteiger partial charge in [-0.2, -0.15) is 0 Å². The van der Waals surface area contributed by atoms with E-state index < -0.39 is 0 Å². The van der Waals surface area contributed by atoms with E-state index in [9.17, 15) is 4.79 Å². The summed E-state index contributed by atoms with van der Waals surface area (Å²) in [5, 5.41) is 0. The number of carbonyl (C=O) groups is 1. The Hall–Kier alpha value is -1.35. The van der Waals surface area contributed by atoms with Crippen LogP contribution in [0.2, 0.25) is 0 Å². The zero-order valence-corrected chi connectivity index (χ0v) is 12.3. The summed E-state index contributed by atoms with van der Waals surface area (Å²) in [4.78, 5) is 11.8. The third kappa shape index (κ3) is 3.16. The van der Waals surface area contributed by atoms with E-state index in [1.807, 2.05) is 18.2 Å². The predicted octanol–water partition coefficient (Wildman–Crippen LogP) is 2.88. The van der Waals surface area contributed by atoms with Gasteiger partial charge in [0.1, 0.15) is 0 Å². The molecule has 0 bridgehead atoms. The first-order chi connectivity index (χ1) is 8.98. The lowest BCUT2D eigenvalue weighted by atomic mass is 9.64. The number of carbonyl (C=O) groups excluding carboxylic acids is 1. The summed E-state index contributed by atoms with van der Waals surface area (Å²) < 4.78 is 4.88. The van der Waals surface area contributed by atoms with Crippen molar-refractivity contribution in [1.82, 2.24) is 0 Å². The molecule has 0 saturated heterocycles. The van der Waals surface area contributed by atoms with Crippen LogP contribution in [0.25, 0.3) is 0 Å². The quantitative estimate of drug-likeness (QED) is 0.803. The van der Waals surface area contributed by atoms with E-state index in [-0.39, 0.29) is 23.3 Å². The van der Waals surface area contributed by atoms with Crippen molar-refractivity contribution in [3.63, 3.8) is 0 Å². The van der Waals surface area contributed by atoms with Gasteiger partial charge in [-0.1, -0.05) is 51.1 Å². The number of methoxy groups -OCH3 is 1. The summed E-state index contributed by atoms with van der Waals surface area (Å²) in [5.74, 6) is 0.0467. The fourth-order valence-electron chi connectivity index (χ4n) is 2.84. The molecule has 0 saturated carbocycles. The van der Waals surface area contributed by atoms with Gasteiger partial charge in [-0.05, 0) is 17.9 Å². The maximum atomic E-state index is 11.8. The summed E-state index contributed by atoms with van der Waals surface area (Å²) in [6.45, 7) is 6.29. The molecule has 2 unspecified atom stereocenters. The van der Waals surface area contributed by atoms with Crippen LogP contribution in [0.1, 0.15) is 39.2 Å². The molecule has 0 aromatic heterocycles. The van der Waals surface area contributed by atoms with Gasteiger partial charge in [-0.3, -0.25) is 4.79 Å². The van der Waals surface area contributed by atoms with Gasteiger partial charge in [-0.15, -0.1) is 0 Å². The number of rotatable bonds is 6. The highest BCUT2D eigenvalue weighted by Crippen LogP contribution is 2.39. The van der Waals surface area contributed by atoms with Gasteiger partial charge in [0.2, 0.25) is 0 Å². The minimum atomic E-state index is -0.372. The van der Waals surface area contributed by atoms with Crippen LogP contribution in [-0.4, -0.2) is 19.1 Å². The van der Waals surface area contributed by atoms with Crippen LogP contribution >= 0.6 is 0 Å². The van der Waals surface area contributed by atoms with Gasteiger partial charge in [0, 0.05) is 11.5 Å². The van der Waals surface area contributed by atoms with Crippen LogP contribution in [-0.2, 0) is 14.9 Å². The van der Waals surface area contributed by atoms with E-state index in [0.29, 0.717) is 6.42 Å². The van der Waals surface area contributed by atoms with Gasteiger partial charge in [0.25, 0.3) is 0 Å². The summed E-state index contributed by atoms with van der Waals surface area (Å²) in [6, 6.07) is 9.99. The molecule has 1 aromatic rings. The molecule has 0 aliphatic rings. The van der Waals surface area contributed by atoms with Gasteiger partial charge in [-0.25, -0.2) is 0 Å². The van der Waals surface area contributed by atoms with Crippen LogP contribution in [0.15, 0.2) is 30.3 Å². The summed E-state index contributed by atoms with van der Waals surface area (Å²) in [6.07, 6.45) is 1.14. The molecule has 1 rings (SSSR count). The van der Waals surface area contributed by atoms with Crippen molar-refractivity contribution in [3.05, 3.63) is 35.9 Å². The molecule has 2 N–H and O–H groups in total. The molecule has 0 spiro atoms. The molecule has 0 heterocycles. The number of esters is 1. The number of hydrogen-bond donors (Lipinski definition) is 1. The largest absolute Gasteiger partial charge is 0.469 e. The van der Waals surface area contributed by atoms with E-state index in [1.54, 1.807) is 0 Å². The average Bonchev–Trinajstić information content (AvgIpc) is 2.44. The SMILES string of the molecule is CCC(N)C(CC(=O)OC)(c1ccccc1)C(C)C. The van der Waals surface area contributed by atoms with Crippen molar-refractivity contribution < 1.29 is 9.53 Å². The Morgan fingerprint density at radius 2 is 1.89 bits per heavy atom. The maximum Gasteiger partial charge on any atom is 0.306 e. The Bertz CT molecular complexity index is 402. The maximum absolute atomic E-state index is 11.8. The Morgan fingerprint density at radius 3 is 2.32 bits per heavy atom. The molecule has 3 nitrogen and oxygen atoms in total. The molecule has 0 aliphatic heterocycles. The molecule has 0 amide bonds. The summed E-state index contributed by atoms with van der Waals surface area (Å²) >= 11 is 0. The van der Waals surface area contributed by atoms with Crippen molar-refractivity contribution >= 4 is 5.97 Å². The molecule has 0 aliphatic carbocycles. The average molecular weight is 263 g/mol. The van der Waals surface area contributed by atoms with Gasteiger partial charge < -0.3 is 10.5 Å². The second-order valence-corrected chi connectivity index (χ2v) is 5.33. The van der Waals surface area contributed by atoms with Crippen molar-refractivity contribution in [2.45, 2.75) is 45.1 Å². The zero-order chi connectivity index (χ0) is 14.5. The highest BCUT2D eigenvalue weighted by atomic mass is 16.5. The lowest BCUT2D eigenvalue weighted by Crippen LogP contribution is -2.50. The minimum absolute atomic E-state index is 0.0750. The first-order valence-electron chi connectivity index (χ1n) is 6.87. The van der Waals surface area contributed by atoms with Crippen LogP contribution in [0, 0.1) is 5.92 Å². The standard InChI is InChI=1S/C16H25NO2/c1-5-14(17)16(12(2)3,11-15(18)19-4)13-9-7-6-8-10-13/h6-10,12,14H,5,11,17H2,1-4H3. The Balaban J connectivity index is 3.31. The fraction of sp³-hybridized carbons (Fsp3) is 0.562. The van der Waals surface area contributed by atoms with E-state index in [4.69, 9.17) is 10.5 Å². The third-order valence-corrected chi connectivity index (χ3v) is 4.11. The smallest absolute Gasteiger partial charge is 0.306 e. The topological polar surface area (TPSA) is 52.3 Å². The van der Waals surface area contributed by atoms with E-state index >= 15 is 0 Å². The zero-order valence-electron chi connectivity index (χ0n) is 12.3. The predicted molar refractivity (Wildman–Crippen MR) is 77.9 cm³/mol. The first-order valence-corrected chi connectivity index (χ1v) is 6.87. The van der Waals surface area contributed by atoms with Crippen LogP contribution in [0.3, 0.4) is 0 Å². The first kappa shape index (κ1) is 15.7. The van der Waals surface area contributed by atoms with Gasteiger partial charge in [0.05, 0.1) is 13.5 Å². The van der Waals surface area contributed by atoms with Crippen LogP contribution < -0.4 is 5.73 Å². The van der Waals surface area contributed by atoms with E-state index in [0.717, 1.165) is 12.0 Å². The number of nitrogens with two attached hydrogens (primary N) is 1. The molecule has 2 atom stereocenters. The van der Waals surface area contributed by atoms with Gasteiger partial charge >= 0.3 is 5.97 Å². The van der Waals surface area contributed by atoms with Crippen molar-refractivity contribution in [3.8, 4) is 0 Å². The molecule has 1 aromatic carbocycles. The Labute approximate surface area is 116 Å². The number of ether oxygens (including phenoxy) is 1. The lowest BCUT2D eigenvalue weighted by Gasteiger charge is -2.42. The normalized spacial score (nSPS) is 15.9. The van der Waals surface area contributed by atoms with E-state index in [2.05, 4.69) is 32.9 Å². The molecule has 106 valence electrons. The second kappa shape index (κ2) is 6.71. The molecule has 0 fully saturated rings. The Kier molecular flexibility index (Phi) is 5.55. The second-order valence-electron chi connectivity index (χ2n) is 5.33. The lowest BCUT2D eigenvalue weighted by molar-refractivity contribution is -0.143. The monoisotopic (exact) mass is 263 g/mol. The number of benzene rings is 1. The van der Waals surface area contributed by atoms with Crippen LogP contribution in [0.4, 0.5) is 0 Å². The Morgan fingerprint density at radius 1 is 1.32 bits per heavy atom. The number of hydrogen-bond acceptors (Lipinski definition) is 3. The molecular weight excluding hydrogens is 238 g/mol. The van der Waals surface area contributed by atoms with Crippen molar-refractivity contribution in [2.75, 3.05) is 7.11 Å². The summed E-state index contributed by atoms with van der Waals surface area (Å²) in [7, 11) is 1.43. The van der Waals surface area contributed by atoms with Crippen molar-refractivity contribution in [2.24, 2.45) is 11.7 Å². The molecule has 19 heavy (non-hydrogen) atoms. The van der Waals surface area contributed by atoms with Crippen LogP contribution in [0.5, 0.6) is 0 Å². The highest BCUT2D eigenvalue weighted by molar-refractivity contribution is 5.71. The summed E-state index contributed by atoms with van der Waals surface area (Å²) in [5.41, 5.74) is 7.12. The fourth-order valence-corrected chi connectivity index (χ4v) is 2.84. The highest BCUT2D eigenvalue weighted by Gasteiger charge is 2.42. The minimum Gasteiger partial charge on any atom is -0.469 e. The van der Waals surface area contributed by atoms with Gasteiger partial charge in [0.15, 0.2) is 0 Å². The molecular formula is C16H25NO2. The third-order valence-electron chi connectivity index (χ3n) is 4.11. The molecule has 0 radical (unpaired) electrons. The molecule has 3 heteroatoms. The van der Waals surface area contributed by atoms with E-state index in [1.165, 1.54) is 7.11 Å². The van der Waals surface area contributed by atoms with Crippen molar-refractivity contribution in [1.29, 1.82) is 0 Å².